The van der Waals surface area contributed by atoms with E-state index >= 15 is 0 Å². The number of aryl methyl sites for hydroxylation is 1. The Morgan fingerprint density at radius 1 is 1.24 bits per heavy atom. The molecule has 5 heteroatoms. The van der Waals surface area contributed by atoms with E-state index in [0.29, 0.717) is 18.5 Å². The van der Waals surface area contributed by atoms with Crippen LogP contribution >= 0.6 is 0 Å². The number of nitrogens with one attached hydrogen (secondary N) is 1. The highest BCUT2D eigenvalue weighted by Crippen LogP contribution is 2.07. The predicted octanol–water partition coefficient (Wildman–Crippen LogP) is 1.29. The van der Waals surface area contributed by atoms with Crippen LogP contribution in [0, 0.1) is 6.92 Å². The van der Waals surface area contributed by atoms with Crippen molar-refractivity contribution in [3.63, 3.8) is 0 Å². The Bertz CT molecular complexity index is 739. The molecule has 0 saturated carbocycles. The summed E-state index contributed by atoms with van der Waals surface area (Å²) in [7, 11) is 0. The summed E-state index contributed by atoms with van der Waals surface area (Å²) in [6.45, 7) is 2.23. The molecule has 0 atom stereocenters. The largest absolute Gasteiger partial charge is 0.396 e. The van der Waals surface area contributed by atoms with Crippen molar-refractivity contribution in [2.45, 2.75) is 19.9 Å². The zero-order chi connectivity index (χ0) is 15.2. The van der Waals surface area contributed by atoms with Crippen LogP contribution in [0.4, 0.5) is 0 Å². The summed E-state index contributed by atoms with van der Waals surface area (Å²) < 4.78 is 1.48. The van der Waals surface area contributed by atoms with Crippen molar-refractivity contribution in [3.8, 4) is 0 Å². The van der Waals surface area contributed by atoms with E-state index in [1.165, 1.54) is 4.57 Å². The SMILES string of the molecule is Cc1cn(Cc2ccc(/C=C/CCO)cc2)c(=O)[nH]c1=O. The lowest BCUT2D eigenvalue weighted by molar-refractivity contribution is 0.303. The van der Waals surface area contributed by atoms with Crippen molar-refractivity contribution in [1.82, 2.24) is 9.55 Å². The number of aromatic amines is 1. The Morgan fingerprint density at radius 3 is 2.62 bits per heavy atom. The number of hydrogen-bond acceptors (Lipinski definition) is 3. The lowest BCUT2D eigenvalue weighted by atomic mass is 10.1. The first-order valence-electron chi connectivity index (χ1n) is 6.77. The third-order valence-electron chi connectivity index (χ3n) is 3.13. The third kappa shape index (κ3) is 4.03. The quantitative estimate of drug-likeness (QED) is 0.869. The van der Waals surface area contributed by atoms with Gasteiger partial charge in [0.05, 0.1) is 6.54 Å². The Kier molecular flexibility index (Phi) is 4.90. The van der Waals surface area contributed by atoms with E-state index in [4.69, 9.17) is 5.11 Å². The van der Waals surface area contributed by atoms with Crippen LogP contribution in [-0.4, -0.2) is 21.3 Å². The molecule has 0 aliphatic heterocycles. The van der Waals surface area contributed by atoms with Crippen LogP contribution in [0.5, 0.6) is 0 Å². The van der Waals surface area contributed by atoms with Crippen LogP contribution in [0.25, 0.3) is 6.08 Å². The molecule has 0 saturated heterocycles. The zero-order valence-corrected chi connectivity index (χ0v) is 11.9. The highest BCUT2D eigenvalue weighted by Gasteiger charge is 2.01. The number of benzene rings is 1. The van der Waals surface area contributed by atoms with Crippen molar-refractivity contribution in [1.29, 1.82) is 0 Å². The van der Waals surface area contributed by atoms with Crippen molar-refractivity contribution in [3.05, 3.63) is 74.1 Å². The predicted molar refractivity (Wildman–Crippen MR) is 82.3 cm³/mol. The number of H-pyrrole nitrogens is 1. The fourth-order valence-electron chi connectivity index (χ4n) is 1.96. The fraction of sp³-hybridized carbons (Fsp3) is 0.250. The van der Waals surface area contributed by atoms with Gasteiger partial charge in [0, 0.05) is 18.4 Å². The Hall–Kier alpha value is -2.40. The molecule has 0 aliphatic rings. The number of aromatic nitrogens is 2. The molecule has 0 fully saturated rings. The van der Waals surface area contributed by atoms with Gasteiger partial charge in [0.2, 0.25) is 0 Å². The molecule has 0 amide bonds. The summed E-state index contributed by atoms with van der Waals surface area (Å²) in [4.78, 5) is 25.3. The maximum absolute atomic E-state index is 11.7. The van der Waals surface area contributed by atoms with Gasteiger partial charge in [0.15, 0.2) is 0 Å². The number of nitrogens with zero attached hydrogens (tertiary/aromatic N) is 1. The van der Waals surface area contributed by atoms with Gasteiger partial charge >= 0.3 is 5.69 Å². The van der Waals surface area contributed by atoms with E-state index in [1.54, 1.807) is 13.1 Å². The molecule has 2 N–H and O–H groups in total. The average Bonchev–Trinajstić information content (AvgIpc) is 2.47. The lowest BCUT2D eigenvalue weighted by Gasteiger charge is -2.06. The van der Waals surface area contributed by atoms with Crippen LogP contribution in [0.1, 0.15) is 23.1 Å². The monoisotopic (exact) mass is 286 g/mol. The minimum atomic E-state index is -0.405. The average molecular weight is 286 g/mol. The molecule has 1 heterocycles. The lowest BCUT2D eigenvalue weighted by Crippen LogP contribution is -2.31. The number of hydrogen-bond donors (Lipinski definition) is 2. The maximum atomic E-state index is 11.7. The summed E-state index contributed by atoms with van der Waals surface area (Å²) in [5, 5.41) is 8.71. The topological polar surface area (TPSA) is 75.1 Å². The van der Waals surface area contributed by atoms with Crippen molar-refractivity contribution in [2.24, 2.45) is 0 Å². The van der Waals surface area contributed by atoms with Gasteiger partial charge in [-0.15, -0.1) is 0 Å². The first-order valence-corrected chi connectivity index (χ1v) is 6.77. The van der Waals surface area contributed by atoms with Crippen LogP contribution in [0.15, 0.2) is 46.1 Å². The highest BCUT2D eigenvalue weighted by molar-refractivity contribution is 5.49. The van der Waals surface area contributed by atoms with Crippen LogP contribution in [-0.2, 0) is 6.54 Å². The van der Waals surface area contributed by atoms with Crippen molar-refractivity contribution >= 4 is 6.08 Å². The molecule has 0 unspecified atom stereocenters. The molecule has 2 rings (SSSR count). The van der Waals surface area contributed by atoms with Gasteiger partial charge in [0.25, 0.3) is 5.56 Å². The van der Waals surface area contributed by atoms with E-state index in [9.17, 15) is 9.59 Å². The fourth-order valence-corrected chi connectivity index (χ4v) is 1.96. The van der Waals surface area contributed by atoms with Crippen molar-refractivity contribution in [2.75, 3.05) is 6.61 Å². The normalized spacial score (nSPS) is 11.1. The van der Waals surface area contributed by atoms with Gasteiger partial charge in [-0.05, 0) is 24.5 Å². The Morgan fingerprint density at radius 2 is 1.95 bits per heavy atom. The van der Waals surface area contributed by atoms with Gasteiger partial charge in [-0.1, -0.05) is 36.4 Å². The summed E-state index contributed by atoms with van der Waals surface area (Å²) >= 11 is 0. The third-order valence-corrected chi connectivity index (χ3v) is 3.13. The minimum absolute atomic E-state index is 0.142. The van der Waals surface area contributed by atoms with Gasteiger partial charge in [0.1, 0.15) is 0 Å². The van der Waals surface area contributed by atoms with E-state index < -0.39 is 5.69 Å². The first kappa shape index (κ1) is 15.0. The number of aliphatic hydroxyl groups is 1. The Labute approximate surface area is 122 Å². The molecule has 0 radical (unpaired) electrons. The van der Waals surface area contributed by atoms with E-state index in [1.807, 2.05) is 36.4 Å². The molecule has 1 aromatic heterocycles. The van der Waals surface area contributed by atoms with Gasteiger partial charge in [-0.2, -0.15) is 0 Å². The molecule has 0 bridgehead atoms. The summed E-state index contributed by atoms with van der Waals surface area (Å²) in [6.07, 6.45) is 6.05. The Balaban J connectivity index is 2.15. The van der Waals surface area contributed by atoms with Crippen LogP contribution in [0.2, 0.25) is 0 Å². The number of aliphatic hydroxyl groups excluding tert-OH is 1. The van der Waals surface area contributed by atoms with E-state index in [-0.39, 0.29) is 12.2 Å². The van der Waals surface area contributed by atoms with Crippen molar-refractivity contribution < 1.29 is 5.11 Å². The maximum Gasteiger partial charge on any atom is 0.328 e. The second kappa shape index (κ2) is 6.85. The second-order valence-electron chi connectivity index (χ2n) is 4.86. The summed E-state index contributed by atoms with van der Waals surface area (Å²) in [5.41, 5.74) is 1.77. The molecular weight excluding hydrogens is 268 g/mol. The van der Waals surface area contributed by atoms with Crippen LogP contribution in [0.3, 0.4) is 0 Å². The summed E-state index contributed by atoms with van der Waals surface area (Å²) in [5.74, 6) is 0. The molecule has 5 nitrogen and oxygen atoms in total. The molecule has 110 valence electrons. The highest BCUT2D eigenvalue weighted by atomic mass is 16.2. The van der Waals surface area contributed by atoms with E-state index in [2.05, 4.69) is 4.98 Å². The van der Waals surface area contributed by atoms with Crippen LogP contribution < -0.4 is 11.2 Å². The van der Waals surface area contributed by atoms with Gasteiger partial charge in [-0.25, -0.2) is 4.79 Å². The van der Waals surface area contributed by atoms with Gasteiger partial charge in [-0.3, -0.25) is 14.3 Å². The minimum Gasteiger partial charge on any atom is -0.396 e. The van der Waals surface area contributed by atoms with Gasteiger partial charge < -0.3 is 5.11 Å². The van der Waals surface area contributed by atoms with E-state index in [0.717, 1.165) is 11.1 Å². The second-order valence-corrected chi connectivity index (χ2v) is 4.86. The smallest absolute Gasteiger partial charge is 0.328 e. The standard InChI is InChI=1S/C16H18N2O3/c1-12-10-18(16(21)17-15(12)20)11-14-7-5-13(6-8-14)4-2-3-9-19/h2,4-8,10,19H,3,9,11H2,1H3,(H,17,20,21)/b4-2+. The summed E-state index contributed by atoms with van der Waals surface area (Å²) in [6, 6.07) is 7.77. The molecule has 1 aromatic carbocycles. The zero-order valence-electron chi connectivity index (χ0n) is 11.9. The molecule has 0 spiro atoms. The molecule has 2 aromatic rings. The molecule has 21 heavy (non-hydrogen) atoms. The number of rotatable bonds is 5. The molecule has 0 aliphatic carbocycles. The first-order chi connectivity index (χ1) is 10.1. The molecular formula is C16H18N2O3.